The lowest BCUT2D eigenvalue weighted by Crippen LogP contribution is -2.31. The van der Waals surface area contributed by atoms with Crippen molar-refractivity contribution in [3.8, 4) is 0 Å². The first-order chi connectivity index (χ1) is 17.6. The first-order valence-corrected chi connectivity index (χ1v) is 12.3. The van der Waals surface area contributed by atoms with Gasteiger partial charge < -0.3 is 9.73 Å². The maximum Gasteiger partial charge on any atom is 0.255 e. The number of carbonyl (C=O) groups is 1. The minimum atomic E-state index is -0.156. The summed E-state index contributed by atoms with van der Waals surface area (Å²) in [5, 5.41) is 2.99. The van der Waals surface area contributed by atoms with E-state index in [9.17, 15) is 4.79 Å². The molecule has 1 N–H and O–H groups in total. The molecule has 0 aliphatic heterocycles. The Kier molecular flexibility index (Phi) is 7.13. The van der Waals surface area contributed by atoms with Crippen molar-refractivity contribution in [2.24, 2.45) is 0 Å². The van der Waals surface area contributed by atoms with Crippen molar-refractivity contribution in [2.75, 3.05) is 0 Å². The van der Waals surface area contributed by atoms with Crippen LogP contribution in [0.4, 0.5) is 0 Å². The van der Waals surface area contributed by atoms with Gasteiger partial charge in [0, 0.05) is 19.3 Å². The van der Waals surface area contributed by atoms with Gasteiger partial charge in [0.25, 0.3) is 5.91 Å². The van der Waals surface area contributed by atoms with Gasteiger partial charge in [0.15, 0.2) is 6.39 Å². The van der Waals surface area contributed by atoms with Gasteiger partial charge >= 0.3 is 0 Å². The average molecular weight is 483 g/mol. The van der Waals surface area contributed by atoms with Crippen LogP contribution >= 0.6 is 0 Å². The largest absolute Gasteiger partial charge is 0.447 e. The third-order valence-corrected chi connectivity index (χ3v) is 6.76. The van der Waals surface area contributed by atoms with E-state index in [1.807, 2.05) is 26.1 Å². The quantitative estimate of drug-likeness (QED) is 0.395. The molecule has 0 bridgehead atoms. The van der Waals surface area contributed by atoms with E-state index in [2.05, 4.69) is 55.5 Å². The van der Waals surface area contributed by atoms with E-state index in [-0.39, 0.29) is 11.9 Å². The van der Waals surface area contributed by atoms with Crippen LogP contribution in [-0.4, -0.2) is 30.7 Å². The third kappa shape index (κ3) is 5.33. The second kappa shape index (κ2) is 10.8. The number of carbonyl (C=O) groups excluding carboxylic acids is 1. The summed E-state index contributed by atoms with van der Waals surface area (Å²) in [5.41, 5.74) is 6.62. The summed E-state index contributed by atoms with van der Waals surface area (Å²) in [6, 6.07) is 12.8. The van der Waals surface area contributed by atoms with Crippen LogP contribution in [0.25, 0.3) is 0 Å². The fourth-order valence-electron chi connectivity index (χ4n) is 4.93. The SMILES string of the molecule is Cc1ncnc(C)c1C(=O)NCc1ccc(CN(Cc2cnco2)C2CCCc3cccnc32)cc1. The molecule has 3 aromatic heterocycles. The molecule has 8 nitrogen and oxygen atoms in total. The molecule has 1 amide bonds. The lowest BCUT2D eigenvalue weighted by Gasteiger charge is -2.34. The summed E-state index contributed by atoms with van der Waals surface area (Å²) in [5.74, 6) is 0.684. The van der Waals surface area contributed by atoms with Crippen LogP contribution < -0.4 is 5.32 Å². The molecule has 3 heterocycles. The molecule has 1 aliphatic carbocycles. The van der Waals surface area contributed by atoms with Crippen LogP contribution in [-0.2, 0) is 26.1 Å². The van der Waals surface area contributed by atoms with Crippen LogP contribution in [0.1, 0.15) is 68.8 Å². The van der Waals surface area contributed by atoms with Gasteiger partial charge in [-0.3, -0.25) is 14.7 Å². The summed E-state index contributed by atoms with van der Waals surface area (Å²) in [6.07, 6.45) is 9.90. The minimum Gasteiger partial charge on any atom is -0.447 e. The molecule has 1 aromatic carbocycles. The highest BCUT2D eigenvalue weighted by molar-refractivity contribution is 5.96. The van der Waals surface area contributed by atoms with Crippen molar-refractivity contribution in [3.63, 3.8) is 0 Å². The number of aryl methyl sites for hydroxylation is 3. The van der Waals surface area contributed by atoms with E-state index >= 15 is 0 Å². The number of nitrogens with zero attached hydrogens (tertiary/aromatic N) is 5. The van der Waals surface area contributed by atoms with Crippen molar-refractivity contribution in [1.82, 2.24) is 30.2 Å². The number of oxazole rings is 1. The highest BCUT2D eigenvalue weighted by atomic mass is 16.3. The number of amides is 1. The fraction of sp³-hybridized carbons (Fsp3) is 0.321. The van der Waals surface area contributed by atoms with Gasteiger partial charge in [-0.1, -0.05) is 30.3 Å². The summed E-state index contributed by atoms with van der Waals surface area (Å²) < 4.78 is 5.58. The van der Waals surface area contributed by atoms with Crippen molar-refractivity contribution in [1.29, 1.82) is 0 Å². The number of hydrogen-bond acceptors (Lipinski definition) is 7. The Hall–Kier alpha value is -3.91. The smallest absolute Gasteiger partial charge is 0.255 e. The summed E-state index contributed by atoms with van der Waals surface area (Å²) in [6.45, 7) is 5.50. The summed E-state index contributed by atoms with van der Waals surface area (Å²) in [7, 11) is 0. The average Bonchev–Trinajstić information content (AvgIpc) is 3.41. The molecule has 1 aliphatic rings. The van der Waals surface area contributed by atoms with Crippen LogP contribution in [0, 0.1) is 13.8 Å². The predicted octanol–water partition coefficient (Wildman–Crippen LogP) is 4.49. The number of nitrogens with one attached hydrogen (secondary N) is 1. The highest BCUT2D eigenvalue weighted by Gasteiger charge is 2.28. The first-order valence-electron chi connectivity index (χ1n) is 12.3. The molecule has 5 rings (SSSR count). The monoisotopic (exact) mass is 482 g/mol. The van der Waals surface area contributed by atoms with Crippen molar-refractivity contribution >= 4 is 5.91 Å². The molecule has 184 valence electrons. The van der Waals surface area contributed by atoms with Crippen LogP contribution in [0.5, 0.6) is 0 Å². The van der Waals surface area contributed by atoms with E-state index in [1.165, 1.54) is 23.8 Å². The van der Waals surface area contributed by atoms with Gasteiger partial charge in [0.05, 0.1) is 41.4 Å². The number of aromatic nitrogens is 4. The fourth-order valence-corrected chi connectivity index (χ4v) is 4.93. The molecule has 8 heteroatoms. The molecule has 0 fully saturated rings. The third-order valence-electron chi connectivity index (χ3n) is 6.76. The highest BCUT2D eigenvalue weighted by Crippen LogP contribution is 2.34. The molecule has 0 saturated carbocycles. The number of fused-ring (bicyclic) bond motifs is 1. The van der Waals surface area contributed by atoms with Gasteiger partial charge in [-0.25, -0.2) is 15.0 Å². The topological polar surface area (TPSA) is 97.0 Å². The molecule has 4 aromatic rings. The molecule has 1 atom stereocenters. The van der Waals surface area contributed by atoms with Crippen molar-refractivity contribution in [2.45, 2.75) is 58.8 Å². The standard InChI is InChI=1S/C28H30N6O2/c1-19-26(20(2)33-17-32-19)28(35)31-13-21-8-10-22(11-9-21)15-34(16-24-14-29-18-36-24)25-7-3-5-23-6-4-12-30-27(23)25/h4,6,8-12,14,17-18,25H,3,5,7,13,15-16H2,1-2H3,(H,31,35). The second-order valence-electron chi connectivity index (χ2n) is 9.25. The van der Waals surface area contributed by atoms with Crippen molar-refractivity contribution in [3.05, 3.63) is 107 Å². The Morgan fingerprint density at radius 3 is 2.58 bits per heavy atom. The maximum absolute atomic E-state index is 12.7. The predicted molar refractivity (Wildman–Crippen MR) is 135 cm³/mol. The Balaban J connectivity index is 1.29. The first kappa shape index (κ1) is 23.8. The zero-order valence-electron chi connectivity index (χ0n) is 20.6. The zero-order valence-corrected chi connectivity index (χ0v) is 20.6. The number of hydrogen-bond donors (Lipinski definition) is 1. The number of benzene rings is 1. The molecular formula is C28H30N6O2. The Labute approximate surface area is 210 Å². The summed E-state index contributed by atoms with van der Waals surface area (Å²) >= 11 is 0. The molecule has 0 saturated heterocycles. The zero-order chi connectivity index (χ0) is 24.9. The van der Waals surface area contributed by atoms with Gasteiger partial charge in [-0.05, 0) is 55.9 Å². The van der Waals surface area contributed by atoms with E-state index in [4.69, 9.17) is 9.40 Å². The van der Waals surface area contributed by atoms with E-state index in [0.717, 1.165) is 42.8 Å². The van der Waals surface area contributed by atoms with Crippen LogP contribution in [0.15, 0.2) is 65.9 Å². The Bertz CT molecular complexity index is 1300. The number of rotatable bonds is 8. The molecule has 36 heavy (non-hydrogen) atoms. The molecule has 1 unspecified atom stereocenters. The van der Waals surface area contributed by atoms with E-state index in [0.29, 0.717) is 30.0 Å². The second-order valence-corrected chi connectivity index (χ2v) is 9.25. The van der Waals surface area contributed by atoms with Gasteiger partial charge in [0.2, 0.25) is 0 Å². The lowest BCUT2D eigenvalue weighted by molar-refractivity contribution is 0.0948. The van der Waals surface area contributed by atoms with Crippen molar-refractivity contribution < 1.29 is 9.21 Å². The Morgan fingerprint density at radius 1 is 1.06 bits per heavy atom. The Morgan fingerprint density at radius 2 is 1.83 bits per heavy atom. The summed E-state index contributed by atoms with van der Waals surface area (Å²) in [4.78, 5) is 32.2. The normalized spacial score (nSPS) is 15.0. The van der Waals surface area contributed by atoms with E-state index in [1.54, 1.807) is 6.20 Å². The molecule has 0 radical (unpaired) electrons. The van der Waals surface area contributed by atoms with Gasteiger partial charge in [0.1, 0.15) is 12.1 Å². The molecule has 0 spiro atoms. The van der Waals surface area contributed by atoms with E-state index < -0.39 is 0 Å². The van der Waals surface area contributed by atoms with Crippen LogP contribution in [0.2, 0.25) is 0 Å². The lowest BCUT2D eigenvalue weighted by atomic mass is 9.90. The maximum atomic E-state index is 12.7. The van der Waals surface area contributed by atoms with Gasteiger partial charge in [-0.15, -0.1) is 0 Å². The van der Waals surface area contributed by atoms with Crippen LogP contribution in [0.3, 0.4) is 0 Å². The number of pyridine rings is 1. The molecular weight excluding hydrogens is 452 g/mol. The van der Waals surface area contributed by atoms with Gasteiger partial charge in [-0.2, -0.15) is 0 Å². The minimum absolute atomic E-state index is 0.156.